The Morgan fingerprint density at radius 2 is 2.21 bits per heavy atom. The number of aryl methyl sites for hydroxylation is 1. The normalized spacial score (nSPS) is 10.5. The number of halogens is 2. The Bertz CT molecular complexity index is 572. The Labute approximate surface area is 125 Å². The zero-order valence-corrected chi connectivity index (χ0v) is 13.0. The molecule has 1 aromatic carbocycles. The van der Waals surface area contributed by atoms with Gasteiger partial charge in [-0.1, -0.05) is 27.5 Å². The first-order valence-corrected chi connectivity index (χ1v) is 7.17. The van der Waals surface area contributed by atoms with E-state index in [0.29, 0.717) is 28.5 Å². The van der Waals surface area contributed by atoms with Gasteiger partial charge in [0.2, 0.25) is 0 Å². The van der Waals surface area contributed by atoms with Crippen molar-refractivity contribution in [3.05, 3.63) is 40.7 Å². The van der Waals surface area contributed by atoms with E-state index < -0.39 is 0 Å². The highest BCUT2D eigenvalue weighted by Gasteiger charge is 2.12. The molecular weight excluding hydrogens is 332 g/mol. The highest BCUT2D eigenvalue weighted by molar-refractivity contribution is 9.08. The summed E-state index contributed by atoms with van der Waals surface area (Å²) in [5.41, 5.74) is 1.87. The molecule has 19 heavy (non-hydrogen) atoms. The molecule has 0 aliphatic heterocycles. The zero-order valence-electron chi connectivity index (χ0n) is 10.7. The molecule has 0 amide bonds. The summed E-state index contributed by atoms with van der Waals surface area (Å²) >= 11 is 9.60. The fourth-order valence-corrected chi connectivity index (χ4v) is 2.29. The monoisotopic (exact) mass is 344 g/mol. The van der Waals surface area contributed by atoms with Gasteiger partial charge in [0.1, 0.15) is 6.61 Å². The quantitative estimate of drug-likeness (QED) is 0.778. The van der Waals surface area contributed by atoms with Crippen molar-refractivity contribution in [1.29, 1.82) is 0 Å². The molecule has 0 aliphatic carbocycles. The average molecular weight is 346 g/mol. The van der Waals surface area contributed by atoms with E-state index in [4.69, 9.17) is 21.1 Å². The Hall–Kier alpha value is -1.20. The predicted octanol–water partition coefficient (Wildman–Crippen LogP) is 3.56. The van der Waals surface area contributed by atoms with Crippen LogP contribution in [0, 0.1) is 0 Å². The average Bonchev–Trinajstić information content (AvgIpc) is 2.82. The van der Waals surface area contributed by atoms with E-state index in [9.17, 15) is 0 Å². The fourth-order valence-electron chi connectivity index (χ4n) is 1.68. The summed E-state index contributed by atoms with van der Waals surface area (Å²) in [7, 11) is 3.46. The van der Waals surface area contributed by atoms with Crippen LogP contribution in [0.4, 0.5) is 0 Å². The number of benzene rings is 1. The minimum absolute atomic E-state index is 0.352. The van der Waals surface area contributed by atoms with Crippen molar-refractivity contribution >= 4 is 27.5 Å². The number of methoxy groups -OCH3 is 1. The number of aromatic nitrogens is 2. The lowest BCUT2D eigenvalue weighted by Crippen LogP contribution is -2.00. The lowest BCUT2D eigenvalue weighted by Gasteiger charge is -2.12. The smallest absolute Gasteiger partial charge is 0.180 e. The third kappa shape index (κ3) is 3.42. The largest absolute Gasteiger partial charge is 0.493 e. The molecule has 0 saturated heterocycles. The number of hydrogen-bond donors (Lipinski definition) is 0. The predicted molar refractivity (Wildman–Crippen MR) is 78.2 cm³/mol. The summed E-state index contributed by atoms with van der Waals surface area (Å²) in [5, 5.41) is 5.49. The molecule has 1 heterocycles. The van der Waals surface area contributed by atoms with Crippen LogP contribution in [-0.4, -0.2) is 16.9 Å². The third-order valence-electron chi connectivity index (χ3n) is 2.58. The molecule has 0 bridgehead atoms. The molecule has 2 aromatic rings. The third-order valence-corrected chi connectivity index (χ3v) is 3.50. The number of hydrogen-bond acceptors (Lipinski definition) is 3. The topological polar surface area (TPSA) is 36.3 Å². The second kappa shape index (κ2) is 6.30. The molecule has 6 heteroatoms. The van der Waals surface area contributed by atoms with Crippen LogP contribution in [0.2, 0.25) is 5.02 Å². The summed E-state index contributed by atoms with van der Waals surface area (Å²) < 4.78 is 12.7. The van der Waals surface area contributed by atoms with E-state index in [1.54, 1.807) is 11.8 Å². The molecule has 0 aliphatic rings. The maximum absolute atomic E-state index is 6.21. The van der Waals surface area contributed by atoms with Gasteiger partial charge in [-0.15, -0.1) is 0 Å². The maximum atomic E-state index is 6.21. The van der Waals surface area contributed by atoms with E-state index in [0.717, 1.165) is 11.3 Å². The highest BCUT2D eigenvalue weighted by Crippen LogP contribution is 2.37. The van der Waals surface area contributed by atoms with Crippen LogP contribution in [0.3, 0.4) is 0 Å². The standard InChI is InChI=1S/C13H14BrClN2O2/c1-17-4-3-10(16-17)8-19-13-11(15)5-9(7-14)6-12(13)18-2/h3-6H,7-8H2,1-2H3. The van der Waals surface area contributed by atoms with Crippen LogP contribution < -0.4 is 9.47 Å². The van der Waals surface area contributed by atoms with Gasteiger partial charge in [-0.2, -0.15) is 5.10 Å². The minimum Gasteiger partial charge on any atom is -0.493 e. The van der Waals surface area contributed by atoms with Crippen LogP contribution in [0.15, 0.2) is 24.4 Å². The van der Waals surface area contributed by atoms with Crippen molar-refractivity contribution in [2.75, 3.05) is 7.11 Å². The van der Waals surface area contributed by atoms with Crippen molar-refractivity contribution in [3.63, 3.8) is 0 Å². The van der Waals surface area contributed by atoms with Crippen molar-refractivity contribution in [2.45, 2.75) is 11.9 Å². The molecule has 0 saturated carbocycles. The number of rotatable bonds is 5. The van der Waals surface area contributed by atoms with Crippen LogP contribution in [0.5, 0.6) is 11.5 Å². The molecule has 1 aromatic heterocycles. The minimum atomic E-state index is 0.352. The van der Waals surface area contributed by atoms with Crippen molar-refractivity contribution in [3.8, 4) is 11.5 Å². The van der Waals surface area contributed by atoms with Gasteiger partial charge in [0.25, 0.3) is 0 Å². The van der Waals surface area contributed by atoms with Crippen molar-refractivity contribution in [1.82, 2.24) is 9.78 Å². The molecule has 0 spiro atoms. The lowest BCUT2D eigenvalue weighted by molar-refractivity contribution is 0.280. The van der Waals surface area contributed by atoms with Crippen LogP contribution >= 0.6 is 27.5 Å². The molecule has 2 rings (SSSR count). The van der Waals surface area contributed by atoms with E-state index in [-0.39, 0.29) is 0 Å². The molecule has 0 radical (unpaired) electrons. The van der Waals surface area contributed by atoms with Gasteiger partial charge in [-0.25, -0.2) is 0 Å². The van der Waals surface area contributed by atoms with Gasteiger partial charge in [0.05, 0.1) is 17.8 Å². The van der Waals surface area contributed by atoms with E-state index in [2.05, 4.69) is 21.0 Å². The summed E-state index contributed by atoms with van der Waals surface area (Å²) in [5.74, 6) is 1.16. The number of nitrogens with zero attached hydrogens (tertiary/aromatic N) is 2. The van der Waals surface area contributed by atoms with Crippen LogP contribution in [0.1, 0.15) is 11.3 Å². The Balaban J connectivity index is 2.19. The molecule has 0 fully saturated rings. The second-order valence-electron chi connectivity index (χ2n) is 4.01. The zero-order chi connectivity index (χ0) is 13.8. The SMILES string of the molecule is COc1cc(CBr)cc(Cl)c1OCc1ccn(C)n1. The number of ether oxygens (including phenoxy) is 2. The van der Waals surface area contributed by atoms with Gasteiger partial charge < -0.3 is 9.47 Å². The van der Waals surface area contributed by atoms with Gasteiger partial charge in [-0.3, -0.25) is 4.68 Å². The molecule has 0 atom stereocenters. The molecular formula is C13H14BrClN2O2. The van der Waals surface area contributed by atoms with E-state index in [1.807, 2.05) is 31.4 Å². The number of alkyl halides is 1. The molecule has 102 valence electrons. The first-order valence-electron chi connectivity index (χ1n) is 5.67. The lowest BCUT2D eigenvalue weighted by atomic mass is 10.2. The molecule has 4 nitrogen and oxygen atoms in total. The van der Waals surface area contributed by atoms with E-state index in [1.165, 1.54) is 0 Å². The summed E-state index contributed by atoms with van der Waals surface area (Å²) in [4.78, 5) is 0. The Morgan fingerprint density at radius 3 is 2.79 bits per heavy atom. The Morgan fingerprint density at radius 1 is 1.42 bits per heavy atom. The van der Waals surface area contributed by atoms with Crippen molar-refractivity contribution in [2.24, 2.45) is 7.05 Å². The van der Waals surface area contributed by atoms with Gasteiger partial charge >= 0.3 is 0 Å². The van der Waals surface area contributed by atoms with Crippen LogP contribution in [-0.2, 0) is 19.0 Å². The van der Waals surface area contributed by atoms with Gasteiger partial charge in [0.15, 0.2) is 11.5 Å². The summed E-state index contributed by atoms with van der Waals surface area (Å²) in [6, 6.07) is 5.65. The van der Waals surface area contributed by atoms with Crippen molar-refractivity contribution < 1.29 is 9.47 Å². The second-order valence-corrected chi connectivity index (χ2v) is 4.98. The van der Waals surface area contributed by atoms with Crippen LogP contribution in [0.25, 0.3) is 0 Å². The first kappa shape index (κ1) is 14.2. The summed E-state index contributed by atoms with van der Waals surface area (Å²) in [6.07, 6.45) is 1.87. The Kier molecular flexibility index (Phi) is 4.71. The highest BCUT2D eigenvalue weighted by atomic mass is 79.9. The summed E-state index contributed by atoms with van der Waals surface area (Å²) in [6.45, 7) is 0.352. The van der Waals surface area contributed by atoms with Gasteiger partial charge in [-0.05, 0) is 23.8 Å². The molecule has 0 N–H and O–H groups in total. The maximum Gasteiger partial charge on any atom is 0.180 e. The van der Waals surface area contributed by atoms with E-state index >= 15 is 0 Å². The van der Waals surface area contributed by atoms with Gasteiger partial charge in [0, 0.05) is 18.6 Å². The molecule has 0 unspecified atom stereocenters. The fraction of sp³-hybridized carbons (Fsp3) is 0.308. The first-order chi connectivity index (χ1) is 9.13.